The average Bonchev–Trinajstić information content (AvgIpc) is 3.05. The van der Waals surface area contributed by atoms with Gasteiger partial charge in [0.05, 0.1) is 14.0 Å². The van der Waals surface area contributed by atoms with Crippen LogP contribution in [0.5, 0.6) is 0 Å². The molecule has 1 amide bonds. The SMILES string of the molecule is CCC(C)(C)c1ccc(CC(C)C(=O)N2CC[Si](C)(C)CC2)cc1.CCC(C)(C)c1ccc(CC(C)C(=O)O)cc1.C[Si]1(C)CCCCC1. The van der Waals surface area contributed by atoms with Crippen LogP contribution >= 0.6 is 0 Å². The van der Waals surface area contributed by atoms with E-state index in [2.05, 4.69) is 116 Å². The highest BCUT2D eigenvalue weighted by atomic mass is 28.3. The lowest BCUT2D eigenvalue weighted by Crippen LogP contribution is -2.47. The van der Waals surface area contributed by atoms with Crippen molar-refractivity contribution in [2.75, 3.05) is 13.1 Å². The van der Waals surface area contributed by atoms with Crippen molar-refractivity contribution in [2.45, 2.75) is 162 Å². The van der Waals surface area contributed by atoms with E-state index in [1.165, 1.54) is 48.0 Å². The van der Waals surface area contributed by atoms with Gasteiger partial charge in [0.25, 0.3) is 0 Å². The molecule has 2 saturated heterocycles. The summed E-state index contributed by atoms with van der Waals surface area (Å²) in [7, 11) is -1.60. The van der Waals surface area contributed by atoms with E-state index in [9.17, 15) is 9.59 Å². The highest BCUT2D eigenvalue weighted by Gasteiger charge is 2.31. The van der Waals surface area contributed by atoms with Gasteiger partial charge in [0.15, 0.2) is 0 Å². The van der Waals surface area contributed by atoms with Gasteiger partial charge in [-0.2, -0.15) is 0 Å². The van der Waals surface area contributed by atoms with Crippen LogP contribution in [0, 0.1) is 11.8 Å². The Labute approximate surface area is 303 Å². The van der Waals surface area contributed by atoms with Crippen LogP contribution in [0.3, 0.4) is 0 Å². The fraction of sp³-hybridized carbons (Fsp3) is 0.674. The predicted octanol–water partition coefficient (Wildman–Crippen LogP) is 11.6. The maximum absolute atomic E-state index is 12.7. The molecule has 2 fully saturated rings. The summed E-state index contributed by atoms with van der Waals surface area (Å²) in [5.74, 6) is -0.627. The Balaban J connectivity index is 0.000000288. The number of hydrogen-bond acceptors (Lipinski definition) is 2. The highest BCUT2D eigenvalue weighted by Crippen LogP contribution is 2.29. The van der Waals surface area contributed by atoms with Crippen LogP contribution in [0.4, 0.5) is 0 Å². The second kappa shape index (κ2) is 18.9. The minimum Gasteiger partial charge on any atom is -0.481 e. The number of carbonyl (C=O) groups excluding carboxylic acids is 1. The summed E-state index contributed by atoms with van der Waals surface area (Å²) in [6.07, 6.45) is 8.24. The second-order valence-electron chi connectivity index (χ2n) is 18.1. The Morgan fingerprint density at radius 1 is 0.653 bits per heavy atom. The van der Waals surface area contributed by atoms with Gasteiger partial charge in [-0.15, -0.1) is 0 Å². The molecule has 2 atom stereocenters. The van der Waals surface area contributed by atoms with Crippen molar-refractivity contribution >= 4 is 28.0 Å². The van der Waals surface area contributed by atoms with Gasteiger partial charge in [-0.1, -0.05) is 161 Å². The lowest BCUT2D eigenvalue weighted by molar-refractivity contribution is -0.141. The molecule has 2 heterocycles. The summed E-state index contributed by atoms with van der Waals surface area (Å²) in [4.78, 5) is 25.6. The number of amides is 1. The van der Waals surface area contributed by atoms with Crippen molar-refractivity contribution in [3.8, 4) is 0 Å². The zero-order valence-corrected chi connectivity index (χ0v) is 35.7. The number of carboxylic acids is 1. The molecule has 0 saturated carbocycles. The molecule has 0 aliphatic carbocycles. The fourth-order valence-corrected chi connectivity index (χ4v) is 11.3. The molecule has 2 aromatic carbocycles. The number of carbonyl (C=O) groups is 2. The lowest BCUT2D eigenvalue weighted by atomic mass is 9.82. The molecule has 2 aromatic rings. The van der Waals surface area contributed by atoms with E-state index in [-0.39, 0.29) is 22.7 Å². The van der Waals surface area contributed by atoms with Crippen molar-refractivity contribution in [2.24, 2.45) is 11.8 Å². The number of hydrogen-bond donors (Lipinski definition) is 1. The van der Waals surface area contributed by atoms with E-state index in [1.54, 1.807) is 19.0 Å². The summed E-state index contributed by atoms with van der Waals surface area (Å²) in [5, 5.41) is 8.87. The van der Waals surface area contributed by atoms with Gasteiger partial charge in [0, 0.05) is 27.1 Å². The largest absolute Gasteiger partial charge is 0.481 e. The molecule has 0 bridgehead atoms. The number of rotatable bonds is 10. The summed E-state index contributed by atoms with van der Waals surface area (Å²) in [6.45, 7) is 29.1. The van der Waals surface area contributed by atoms with E-state index in [0.717, 1.165) is 37.9 Å². The third-order valence-electron chi connectivity index (χ3n) is 11.8. The first-order valence-electron chi connectivity index (χ1n) is 19.4. The molecule has 49 heavy (non-hydrogen) atoms. The molecule has 4 nitrogen and oxygen atoms in total. The Morgan fingerprint density at radius 2 is 1.02 bits per heavy atom. The first kappa shape index (κ1) is 43.0. The topological polar surface area (TPSA) is 57.6 Å². The quantitative estimate of drug-likeness (QED) is 0.250. The maximum Gasteiger partial charge on any atom is 0.306 e. The number of aliphatic carboxylic acids is 1. The van der Waals surface area contributed by atoms with E-state index in [4.69, 9.17) is 5.11 Å². The summed E-state index contributed by atoms with van der Waals surface area (Å²) < 4.78 is 0. The fourth-order valence-electron chi connectivity index (χ4n) is 6.63. The smallest absolute Gasteiger partial charge is 0.306 e. The lowest BCUT2D eigenvalue weighted by Gasteiger charge is -2.37. The first-order chi connectivity index (χ1) is 22.7. The molecule has 0 spiro atoms. The van der Waals surface area contributed by atoms with E-state index >= 15 is 0 Å². The van der Waals surface area contributed by atoms with Crippen LogP contribution in [0.2, 0.25) is 50.4 Å². The van der Waals surface area contributed by atoms with Crippen LogP contribution in [-0.2, 0) is 33.3 Å². The Kier molecular flexibility index (Phi) is 16.6. The summed E-state index contributed by atoms with van der Waals surface area (Å²) in [6, 6.07) is 22.9. The predicted molar refractivity (Wildman–Crippen MR) is 218 cm³/mol. The minimum absolute atomic E-state index is 0.0814. The summed E-state index contributed by atoms with van der Waals surface area (Å²) >= 11 is 0. The van der Waals surface area contributed by atoms with Crippen molar-refractivity contribution in [3.63, 3.8) is 0 Å². The highest BCUT2D eigenvalue weighted by molar-refractivity contribution is 6.78. The van der Waals surface area contributed by atoms with Gasteiger partial charge < -0.3 is 10.0 Å². The van der Waals surface area contributed by atoms with Crippen LogP contribution in [-0.4, -0.2) is 51.1 Å². The number of nitrogens with zero attached hydrogens (tertiary/aromatic N) is 1. The van der Waals surface area contributed by atoms with Gasteiger partial charge in [0.1, 0.15) is 0 Å². The van der Waals surface area contributed by atoms with Gasteiger partial charge in [-0.05, 0) is 70.9 Å². The first-order valence-corrected chi connectivity index (χ1v) is 26.3. The molecular weight excluding hydrogens is 635 g/mol. The van der Waals surface area contributed by atoms with Gasteiger partial charge >= 0.3 is 5.97 Å². The third-order valence-corrected chi connectivity index (χ3v) is 18.4. The molecule has 276 valence electrons. The molecule has 0 aromatic heterocycles. The third kappa shape index (κ3) is 14.5. The van der Waals surface area contributed by atoms with Gasteiger partial charge in [0.2, 0.25) is 5.91 Å². The summed E-state index contributed by atoms with van der Waals surface area (Å²) in [5.41, 5.74) is 5.48. The number of benzene rings is 2. The van der Waals surface area contributed by atoms with Crippen molar-refractivity contribution in [3.05, 3.63) is 70.8 Å². The molecule has 2 aliphatic heterocycles. The zero-order chi connectivity index (χ0) is 37.0. The van der Waals surface area contributed by atoms with E-state index in [0.29, 0.717) is 12.3 Å². The molecule has 1 N–H and O–H groups in total. The molecule has 0 radical (unpaired) electrons. The zero-order valence-electron chi connectivity index (χ0n) is 33.7. The number of carboxylic acid groups (broad SMARTS) is 1. The molecule has 6 heteroatoms. The van der Waals surface area contributed by atoms with Crippen molar-refractivity contribution < 1.29 is 14.7 Å². The Bertz CT molecular complexity index is 1280. The molecule has 2 unspecified atom stereocenters. The molecular formula is C43H73NO3Si2. The molecule has 2 aliphatic rings. The maximum atomic E-state index is 12.7. The van der Waals surface area contributed by atoms with E-state index < -0.39 is 22.1 Å². The standard InChI is InChI=1S/C21H35NOSi.C15H22O2.C7H16Si/c1-7-21(3,4)19-10-8-18(9-11-19)16-17(2)20(23)22-12-14-24(5,6)15-13-22;1-5-15(3,4)13-8-6-12(7-9-13)10-11(2)14(16)17;1-8(2)6-4-3-5-7-8/h8-11,17H,7,12-16H2,1-6H3;6-9,11H,5,10H2,1-4H3,(H,16,17);3-7H2,1-2H3. The molecule has 4 rings (SSSR count). The van der Waals surface area contributed by atoms with E-state index in [1.807, 2.05) is 12.1 Å². The van der Waals surface area contributed by atoms with Crippen LogP contribution in [0.15, 0.2) is 48.5 Å². The van der Waals surface area contributed by atoms with Crippen molar-refractivity contribution in [1.29, 1.82) is 0 Å². The monoisotopic (exact) mass is 708 g/mol. The van der Waals surface area contributed by atoms with Crippen LogP contribution in [0.25, 0.3) is 0 Å². The minimum atomic E-state index is -1.01. The average molecular weight is 708 g/mol. The normalized spacial score (nSPS) is 18.6. The van der Waals surface area contributed by atoms with Crippen LogP contribution < -0.4 is 0 Å². The second-order valence-corrected chi connectivity index (χ2v) is 28.8. The van der Waals surface area contributed by atoms with Crippen molar-refractivity contribution in [1.82, 2.24) is 4.90 Å². The van der Waals surface area contributed by atoms with Gasteiger partial charge in [-0.3, -0.25) is 9.59 Å². The van der Waals surface area contributed by atoms with Gasteiger partial charge in [-0.25, -0.2) is 0 Å². The van der Waals surface area contributed by atoms with Crippen LogP contribution in [0.1, 0.15) is 110 Å². The Hall–Kier alpha value is -2.19. The Morgan fingerprint density at radius 3 is 1.35 bits per heavy atom.